The minimum atomic E-state index is -0.129. The molecule has 0 heterocycles. The summed E-state index contributed by atoms with van der Waals surface area (Å²) in [6, 6.07) is 1.47. The van der Waals surface area contributed by atoms with E-state index in [-0.39, 0.29) is 8.31 Å². The lowest BCUT2D eigenvalue weighted by Gasteiger charge is -1.97. The third kappa shape index (κ3) is 6.39. The van der Waals surface area contributed by atoms with Crippen molar-refractivity contribution in [2.45, 2.75) is 19.0 Å². The lowest BCUT2D eigenvalue weighted by Crippen LogP contribution is -2.09. The van der Waals surface area contributed by atoms with E-state index in [1.807, 2.05) is 0 Å². The van der Waals surface area contributed by atoms with Crippen LogP contribution in [0.15, 0.2) is 0 Å². The Morgan fingerprint density at radius 1 is 1.71 bits per heavy atom. The molecule has 2 N–H and O–H groups in total. The average molecular weight is 133 g/mol. The highest BCUT2D eigenvalue weighted by Gasteiger charge is 1.90. The maximum atomic E-state index is 5.31. The molecule has 1 unspecified atom stereocenters. The SMILES string of the molecule is C[SiH]([SiH3])CCCN. The third-order valence-corrected chi connectivity index (χ3v) is 4.28. The molecular weight excluding hydrogens is 118 g/mol. The van der Waals surface area contributed by atoms with Crippen molar-refractivity contribution in [3.63, 3.8) is 0 Å². The normalized spacial score (nSPS) is 14.6. The minimum Gasteiger partial charge on any atom is -0.330 e. The van der Waals surface area contributed by atoms with Crippen molar-refractivity contribution in [3.8, 4) is 0 Å². The van der Waals surface area contributed by atoms with Gasteiger partial charge in [-0.25, -0.2) is 0 Å². The van der Waals surface area contributed by atoms with Crippen molar-refractivity contribution in [3.05, 3.63) is 0 Å². The molecule has 44 valence electrons. The van der Waals surface area contributed by atoms with E-state index in [1.165, 1.54) is 22.2 Å². The number of rotatable bonds is 3. The van der Waals surface area contributed by atoms with Crippen LogP contribution in [-0.2, 0) is 0 Å². The van der Waals surface area contributed by atoms with Gasteiger partial charge in [0.15, 0.2) is 0 Å². The Labute approximate surface area is 50.1 Å². The monoisotopic (exact) mass is 133 g/mol. The van der Waals surface area contributed by atoms with Crippen LogP contribution in [0.25, 0.3) is 0 Å². The van der Waals surface area contributed by atoms with E-state index in [2.05, 4.69) is 6.55 Å². The number of nitrogens with two attached hydrogens (primary N) is 1. The van der Waals surface area contributed by atoms with Gasteiger partial charge in [-0.1, -0.05) is 12.6 Å². The fourth-order valence-corrected chi connectivity index (χ4v) is 2.80. The van der Waals surface area contributed by atoms with Crippen molar-refractivity contribution in [1.82, 2.24) is 0 Å². The highest BCUT2D eigenvalue weighted by atomic mass is 29.1. The topological polar surface area (TPSA) is 26.0 Å². The molecule has 0 amide bonds. The molecule has 1 nitrogen and oxygen atoms in total. The largest absolute Gasteiger partial charge is 0.330 e. The van der Waals surface area contributed by atoms with E-state index in [0.717, 1.165) is 6.54 Å². The predicted octanol–water partition coefficient (Wildman–Crippen LogP) is -0.946. The molecule has 0 aromatic carbocycles. The van der Waals surface area contributed by atoms with Gasteiger partial charge in [-0.15, -0.1) is 0 Å². The second kappa shape index (κ2) is 4.55. The van der Waals surface area contributed by atoms with E-state index in [4.69, 9.17) is 5.73 Å². The van der Waals surface area contributed by atoms with Gasteiger partial charge >= 0.3 is 0 Å². The van der Waals surface area contributed by atoms with Crippen molar-refractivity contribution in [2.24, 2.45) is 5.73 Å². The number of hydrogen-bond donors (Lipinski definition) is 1. The molecule has 0 spiro atoms. The molecule has 0 aromatic rings. The third-order valence-electron chi connectivity index (χ3n) is 0.986. The molecule has 0 rings (SSSR count). The van der Waals surface area contributed by atoms with E-state index in [9.17, 15) is 0 Å². The van der Waals surface area contributed by atoms with Crippen LogP contribution in [0.5, 0.6) is 0 Å². The zero-order valence-electron chi connectivity index (χ0n) is 5.28. The summed E-state index contributed by atoms with van der Waals surface area (Å²) in [5, 5.41) is 0. The second-order valence-corrected chi connectivity index (χ2v) is 11.6. The van der Waals surface area contributed by atoms with E-state index < -0.39 is 0 Å². The van der Waals surface area contributed by atoms with Gasteiger partial charge < -0.3 is 5.73 Å². The van der Waals surface area contributed by atoms with Crippen molar-refractivity contribution in [1.29, 1.82) is 0 Å². The first-order chi connectivity index (χ1) is 3.27. The predicted molar refractivity (Wildman–Crippen MR) is 41.4 cm³/mol. The van der Waals surface area contributed by atoms with Crippen molar-refractivity contribution >= 4 is 18.1 Å². The van der Waals surface area contributed by atoms with Gasteiger partial charge in [0.05, 0.1) is 0 Å². The van der Waals surface area contributed by atoms with Crippen LogP contribution in [0.4, 0.5) is 0 Å². The van der Waals surface area contributed by atoms with Crippen LogP contribution in [0.2, 0.25) is 12.6 Å². The van der Waals surface area contributed by atoms with Crippen LogP contribution in [0.3, 0.4) is 0 Å². The van der Waals surface area contributed by atoms with Crippen LogP contribution >= 0.6 is 0 Å². The molecule has 0 bridgehead atoms. The first kappa shape index (κ1) is 7.39. The van der Waals surface area contributed by atoms with Crippen LogP contribution < -0.4 is 5.73 Å². The van der Waals surface area contributed by atoms with E-state index in [0.29, 0.717) is 0 Å². The Kier molecular flexibility index (Phi) is 4.81. The quantitative estimate of drug-likeness (QED) is 0.494. The fraction of sp³-hybridized carbons (Fsp3) is 1.00. The summed E-state index contributed by atoms with van der Waals surface area (Å²) in [6.07, 6.45) is 1.27. The Morgan fingerprint density at radius 3 is 2.43 bits per heavy atom. The molecule has 7 heavy (non-hydrogen) atoms. The smallest absolute Gasteiger partial charge is 0.0172 e. The summed E-state index contributed by atoms with van der Waals surface area (Å²) < 4.78 is 0. The van der Waals surface area contributed by atoms with Gasteiger partial charge in [-0.05, 0) is 22.7 Å². The van der Waals surface area contributed by atoms with Gasteiger partial charge in [0.2, 0.25) is 0 Å². The van der Waals surface area contributed by atoms with Gasteiger partial charge in [0.1, 0.15) is 0 Å². The molecule has 0 aliphatic rings. The van der Waals surface area contributed by atoms with E-state index in [1.54, 1.807) is 0 Å². The number of hydrogen-bond acceptors (Lipinski definition) is 1. The van der Waals surface area contributed by atoms with Gasteiger partial charge in [-0.2, -0.15) is 0 Å². The summed E-state index contributed by atoms with van der Waals surface area (Å²) in [5.74, 6) is 0. The molecule has 0 radical (unpaired) electrons. The molecule has 0 aliphatic heterocycles. The summed E-state index contributed by atoms with van der Waals surface area (Å²) in [7, 11) is 1.34. The van der Waals surface area contributed by atoms with Crippen molar-refractivity contribution in [2.75, 3.05) is 6.54 Å². The second-order valence-electron chi connectivity index (χ2n) is 2.32. The molecular formula is C4H15NSi2. The molecule has 0 fully saturated rings. The molecule has 0 aliphatic carbocycles. The van der Waals surface area contributed by atoms with Crippen LogP contribution in [0, 0.1) is 0 Å². The Bertz CT molecular complexity index is 38.7. The fourth-order valence-electron chi connectivity index (χ4n) is 0.526. The maximum Gasteiger partial charge on any atom is 0.0172 e. The Hall–Kier alpha value is 0.394. The summed E-state index contributed by atoms with van der Waals surface area (Å²) in [6.45, 7) is 3.32. The van der Waals surface area contributed by atoms with Gasteiger partial charge in [0, 0.05) is 8.31 Å². The Morgan fingerprint density at radius 2 is 2.29 bits per heavy atom. The molecule has 0 saturated carbocycles. The first-order valence-electron chi connectivity index (χ1n) is 2.97. The summed E-state index contributed by atoms with van der Waals surface area (Å²) >= 11 is 0. The van der Waals surface area contributed by atoms with Gasteiger partial charge in [0.25, 0.3) is 0 Å². The lowest BCUT2D eigenvalue weighted by molar-refractivity contribution is 0.924. The average Bonchev–Trinajstić information content (AvgIpc) is 1.61. The first-order valence-corrected chi connectivity index (χ1v) is 9.56. The zero-order chi connectivity index (χ0) is 5.70. The summed E-state index contributed by atoms with van der Waals surface area (Å²) in [4.78, 5) is 0. The Balaban J connectivity index is 2.68. The standard InChI is InChI=1S/C4H15NSi2/c1-7(6)4-2-3-5/h7H,2-5H2,1,6H3. The highest BCUT2D eigenvalue weighted by molar-refractivity contribution is 7.02. The molecule has 0 saturated heterocycles. The molecule has 0 aromatic heterocycles. The van der Waals surface area contributed by atoms with Crippen molar-refractivity contribution < 1.29 is 0 Å². The van der Waals surface area contributed by atoms with Crippen LogP contribution in [0.1, 0.15) is 6.42 Å². The maximum absolute atomic E-state index is 5.31. The highest BCUT2D eigenvalue weighted by Crippen LogP contribution is 1.89. The minimum absolute atomic E-state index is 0.129. The van der Waals surface area contributed by atoms with E-state index >= 15 is 0 Å². The molecule has 1 atom stereocenters. The molecule has 3 heteroatoms. The van der Waals surface area contributed by atoms with Crippen LogP contribution in [-0.4, -0.2) is 24.6 Å². The lowest BCUT2D eigenvalue weighted by atomic mass is 10.5. The summed E-state index contributed by atoms with van der Waals surface area (Å²) in [5.41, 5.74) is 5.31. The van der Waals surface area contributed by atoms with Gasteiger partial charge in [-0.3, -0.25) is 0 Å². The zero-order valence-corrected chi connectivity index (χ0v) is 8.43.